The van der Waals surface area contributed by atoms with Gasteiger partial charge >= 0.3 is 6.18 Å². The van der Waals surface area contributed by atoms with Crippen molar-refractivity contribution in [2.24, 2.45) is 29.4 Å². The maximum atomic E-state index is 12.7. The van der Waals surface area contributed by atoms with E-state index in [1.54, 1.807) is 0 Å². The second-order valence-corrected chi connectivity index (χ2v) is 7.01. The summed E-state index contributed by atoms with van der Waals surface area (Å²) in [5.74, 6) is 0.683. The molecule has 2 rings (SSSR count). The molecule has 2 saturated carbocycles. The summed E-state index contributed by atoms with van der Waals surface area (Å²) in [6.07, 6.45) is 0.864. The average Bonchev–Trinajstić information content (AvgIpc) is 2.32. The molecule has 2 fully saturated rings. The monoisotopic (exact) mass is 277 g/mol. The van der Waals surface area contributed by atoms with Crippen molar-refractivity contribution in [1.82, 2.24) is 0 Å². The van der Waals surface area contributed by atoms with E-state index in [1.807, 2.05) is 0 Å². The SMILES string of the molecule is CC1CCC(C2(N)CCC(C(F)(F)F)CC2)CC1C. The van der Waals surface area contributed by atoms with E-state index in [0.717, 1.165) is 18.8 Å². The third-order valence-electron chi connectivity index (χ3n) is 5.79. The third-order valence-corrected chi connectivity index (χ3v) is 5.79. The predicted octanol–water partition coefficient (Wildman–Crippen LogP) is 4.51. The third kappa shape index (κ3) is 3.26. The standard InChI is InChI=1S/C15H26F3N/c1-10-3-4-13(9-11(10)2)14(19)7-5-12(6-8-14)15(16,17)18/h10-13H,3-9,19H2,1-2H3. The van der Waals surface area contributed by atoms with Gasteiger partial charge in [-0.2, -0.15) is 13.2 Å². The van der Waals surface area contributed by atoms with E-state index in [9.17, 15) is 13.2 Å². The second kappa shape index (κ2) is 5.27. The number of halogens is 3. The van der Waals surface area contributed by atoms with E-state index < -0.39 is 12.1 Å². The summed E-state index contributed by atoms with van der Waals surface area (Å²) in [5, 5.41) is 0. The van der Waals surface area contributed by atoms with Gasteiger partial charge in [0, 0.05) is 5.54 Å². The Hall–Kier alpha value is -0.250. The molecule has 0 bridgehead atoms. The number of nitrogens with two attached hydrogens (primary N) is 1. The van der Waals surface area contributed by atoms with Gasteiger partial charge in [-0.1, -0.05) is 20.3 Å². The zero-order valence-corrected chi connectivity index (χ0v) is 12.0. The maximum absolute atomic E-state index is 12.7. The molecule has 0 aromatic rings. The molecule has 0 saturated heterocycles. The van der Waals surface area contributed by atoms with Crippen molar-refractivity contribution in [3.05, 3.63) is 0 Å². The zero-order valence-electron chi connectivity index (χ0n) is 12.0. The molecule has 2 aliphatic carbocycles. The lowest BCUT2D eigenvalue weighted by Gasteiger charge is -2.47. The van der Waals surface area contributed by atoms with Crippen LogP contribution in [0.15, 0.2) is 0 Å². The topological polar surface area (TPSA) is 26.0 Å². The smallest absolute Gasteiger partial charge is 0.325 e. The van der Waals surface area contributed by atoms with Crippen LogP contribution in [0, 0.1) is 23.7 Å². The summed E-state index contributed by atoms with van der Waals surface area (Å²) in [6.45, 7) is 4.52. The highest BCUT2D eigenvalue weighted by atomic mass is 19.4. The summed E-state index contributed by atoms with van der Waals surface area (Å²) < 4.78 is 38.1. The quantitative estimate of drug-likeness (QED) is 0.750. The molecule has 19 heavy (non-hydrogen) atoms. The lowest BCUT2D eigenvalue weighted by atomic mass is 9.62. The molecule has 4 heteroatoms. The molecule has 3 atom stereocenters. The van der Waals surface area contributed by atoms with E-state index in [-0.39, 0.29) is 18.4 Å². The molecule has 0 aromatic carbocycles. The van der Waals surface area contributed by atoms with Crippen molar-refractivity contribution < 1.29 is 13.2 Å². The lowest BCUT2D eigenvalue weighted by Crippen LogP contribution is -2.52. The van der Waals surface area contributed by atoms with Crippen LogP contribution < -0.4 is 5.73 Å². The van der Waals surface area contributed by atoms with E-state index in [1.165, 1.54) is 6.42 Å². The van der Waals surface area contributed by atoms with Crippen LogP contribution in [-0.4, -0.2) is 11.7 Å². The second-order valence-electron chi connectivity index (χ2n) is 7.01. The normalized spacial score (nSPS) is 45.2. The Morgan fingerprint density at radius 1 is 0.947 bits per heavy atom. The van der Waals surface area contributed by atoms with Gasteiger partial charge in [0.2, 0.25) is 0 Å². The zero-order chi connectivity index (χ0) is 14.3. The van der Waals surface area contributed by atoms with Crippen LogP contribution in [0.5, 0.6) is 0 Å². The highest BCUT2D eigenvalue weighted by Crippen LogP contribution is 2.47. The molecular formula is C15H26F3N. The molecule has 0 heterocycles. The Labute approximate surface area is 114 Å². The van der Waals surface area contributed by atoms with Crippen molar-refractivity contribution in [1.29, 1.82) is 0 Å². The number of rotatable bonds is 1. The van der Waals surface area contributed by atoms with E-state index in [4.69, 9.17) is 5.73 Å². The first-order valence-electron chi connectivity index (χ1n) is 7.58. The molecule has 3 unspecified atom stereocenters. The van der Waals surface area contributed by atoms with Crippen LogP contribution in [0.3, 0.4) is 0 Å². The molecule has 0 amide bonds. The van der Waals surface area contributed by atoms with Gasteiger partial charge in [-0.3, -0.25) is 0 Å². The van der Waals surface area contributed by atoms with Crippen LogP contribution in [0.1, 0.15) is 58.8 Å². The molecule has 1 nitrogen and oxygen atoms in total. The molecular weight excluding hydrogens is 251 g/mol. The fraction of sp³-hybridized carbons (Fsp3) is 1.00. The number of alkyl halides is 3. The van der Waals surface area contributed by atoms with E-state index in [0.29, 0.717) is 24.7 Å². The molecule has 112 valence electrons. The Balaban J connectivity index is 1.95. The first kappa shape index (κ1) is 15.1. The fourth-order valence-corrected chi connectivity index (χ4v) is 3.96. The van der Waals surface area contributed by atoms with Crippen LogP contribution in [0.2, 0.25) is 0 Å². The maximum Gasteiger partial charge on any atom is 0.391 e. The Morgan fingerprint density at radius 2 is 1.53 bits per heavy atom. The summed E-state index contributed by atoms with van der Waals surface area (Å²) in [6, 6.07) is 0. The fourth-order valence-electron chi connectivity index (χ4n) is 3.96. The number of hydrogen-bond donors (Lipinski definition) is 1. The Kier molecular flexibility index (Phi) is 4.20. The van der Waals surface area contributed by atoms with Crippen LogP contribution in [0.4, 0.5) is 13.2 Å². The summed E-state index contributed by atoms with van der Waals surface area (Å²) in [7, 11) is 0. The molecule has 0 radical (unpaired) electrons. The van der Waals surface area contributed by atoms with E-state index in [2.05, 4.69) is 13.8 Å². The first-order chi connectivity index (χ1) is 8.72. The minimum absolute atomic E-state index is 0.223. The summed E-state index contributed by atoms with van der Waals surface area (Å²) in [5.41, 5.74) is 6.14. The van der Waals surface area contributed by atoms with Gasteiger partial charge in [0.25, 0.3) is 0 Å². The molecule has 0 spiro atoms. The highest BCUT2D eigenvalue weighted by molar-refractivity contribution is 4.98. The minimum atomic E-state index is -4.03. The molecule has 0 aromatic heterocycles. The van der Waals surface area contributed by atoms with Gasteiger partial charge < -0.3 is 5.73 Å². The van der Waals surface area contributed by atoms with Crippen molar-refractivity contribution >= 4 is 0 Å². The highest BCUT2D eigenvalue weighted by Gasteiger charge is 2.47. The van der Waals surface area contributed by atoms with Crippen molar-refractivity contribution in [3.8, 4) is 0 Å². The van der Waals surface area contributed by atoms with Crippen LogP contribution in [0.25, 0.3) is 0 Å². The Bertz CT molecular complexity index is 305. The summed E-state index contributed by atoms with van der Waals surface area (Å²) in [4.78, 5) is 0. The Morgan fingerprint density at radius 3 is 2.00 bits per heavy atom. The van der Waals surface area contributed by atoms with E-state index >= 15 is 0 Å². The van der Waals surface area contributed by atoms with Crippen LogP contribution >= 0.6 is 0 Å². The van der Waals surface area contributed by atoms with Crippen molar-refractivity contribution in [3.63, 3.8) is 0 Å². The lowest BCUT2D eigenvalue weighted by molar-refractivity contribution is -0.186. The van der Waals surface area contributed by atoms with Gasteiger partial charge in [0.1, 0.15) is 0 Å². The predicted molar refractivity (Wildman–Crippen MR) is 70.6 cm³/mol. The molecule has 0 aliphatic heterocycles. The number of hydrogen-bond acceptors (Lipinski definition) is 1. The molecule has 2 N–H and O–H groups in total. The van der Waals surface area contributed by atoms with Gasteiger partial charge in [0.05, 0.1) is 5.92 Å². The first-order valence-corrected chi connectivity index (χ1v) is 7.58. The van der Waals surface area contributed by atoms with Gasteiger partial charge in [0.15, 0.2) is 0 Å². The van der Waals surface area contributed by atoms with Crippen LogP contribution in [-0.2, 0) is 0 Å². The van der Waals surface area contributed by atoms with Gasteiger partial charge in [-0.25, -0.2) is 0 Å². The average molecular weight is 277 g/mol. The van der Waals surface area contributed by atoms with Crippen molar-refractivity contribution in [2.45, 2.75) is 70.5 Å². The van der Waals surface area contributed by atoms with Gasteiger partial charge in [-0.05, 0) is 56.3 Å². The molecule has 2 aliphatic rings. The largest absolute Gasteiger partial charge is 0.391 e. The van der Waals surface area contributed by atoms with Crippen molar-refractivity contribution in [2.75, 3.05) is 0 Å². The van der Waals surface area contributed by atoms with Gasteiger partial charge in [-0.15, -0.1) is 0 Å². The summed E-state index contributed by atoms with van der Waals surface area (Å²) >= 11 is 0. The minimum Gasteiger partial charge on any atom is -0.325 e.